The van der Waals surface area contributed by atoms with Crippen molar-refractivity contribution in [2.75, 3.05) is 12.5 Å². The van der Waals surface area contributed by atoms with Crippen LogP contribution in [-0.2, 0) is 36.5 Å². The van der Waals surface area contributed by atoms with Gasteiger partial charge in [0.2, 0.25) is 0 Å². The highest BCUT2D eigenvalue weighted by atomic mass is 32.2. The molecule has 0 bridgehead atoms. The Morgan fingerprint density at radius 2 is 1.41 bits per heavy atom. The summed E-state index contributed by atoms with van der Waals surface area (Å²) in [4.78, 5) is 0. The highest BCUT2D eigenvalue weighted by Crippen LogP contribution is 2.09. The van der Waals surface area contributed by atoms with Gasteiger partial charge < -0.3 is 0 Å². The fourth-order valence-electron chi connectivity index (χ4n) is 1.21. The van der Waals surface area contributed by atoms with Crippen LogP contribution < -0.4 is 0 Å². The zero-order valence-electron chi connectivity index (χ0n) is 9.58. The Bertz CT molecular complexity index is 570. The van der Waals surface area contributed by atoms with Gasteiger partial charge in [0.15, 0.2) is 9.84 Å². The highest BCUT2D eigenvalue weighted by molar-refractivity contribution is 7.89. The van der Waals surface area contributed by atoms with Crippen molar-refractivity contribution in [2.45, 2.75) is 12.4 Å². The lowest BCUT2D eigenvalue weighted by Gasteiger charge is -2.03. The minimum atomic E-state index is -3.46. The first kappa shape index (κ1) is 14.1. The summed E-state index contributed by atoms with van der Waals surface area (Å²) in [6, 6.07) is 6.57. The van der Waals surface area contributed by atoms with Crippen LogP contribution >= 0.6 is 0 Å². The minimum absolute atomic E-state index is 0.0276. The minimum Gasteiger partial charge on any atom is -0.265 e. The van der Waals surface area contributed by atoms with Crippen LogP contribution in [0, 0.1) is 0 Å². The summed E-state index contributed by atoms with van der Waals surface area (Å²) in [7, 11) is -6.51. The second kappa shape index (κ2) is 5.16. The van der Waals surface area contributed by atoms with E-state index < -0.39 is 20.0 Å². The summed E-state index contributed by atoms with van der Waals surface area (Å²) < 4.78 is 48.2. The lowest BCUT2D eigenvalue weighted by Crippen LogP contribution is -2.03. The van der Waals surface area contributed by atoms with Crippen molar-refractivity contribution in [3.63, 3.8) is 0 Å². The van der Waals surface area contributed by atoms with Gasteiger partial charge in [-0.25, -0.2) is 8.42 Å². The maximum absolute atomic E-state index is 11.0. The summed E-state index contributed by atoms with van der Waals surface area (Å²) in [5.41, 5.74) is 1.34. The van der Waals surface area contributed by atoms with Crippen molar-refractivity contribution in [3.05, 3.63) is 35.4 Å². The Balaban J connectivity index is 2.69. The van der Waals surface area contributed by atoms with Gasteiger partial charge in [0.05, 0.1) is 18.6 Å². The predicted octanol–water partition coefficient (Wildman–Crippen LogP) is 0.707. The van der Waals surface area contributed by atoms with Gasteiger partial charge in [-0.05, 0) is 11.1 Å². The number of benzene rings is 1. The van der Waals surface area contributed by atoms with Crippen LogP contribution in [-0.4, -0.2) is 29.3 Å². The molecule has 0 saturated heterocycles. The molecule has 0 fully saturated rings. The molecule has 7 heteroatoms. The molecule has 0 spiro atoms. The van der Waals surface area contributed by atoms with E-state index in [0.717, 1.165) is 12.5 Å². The van der Waals surface area contributed by atoms with Crippen LogP contribution in [0.3, 0.4) is 0 Å². The van der Waals surface area contributed by atoms with Crippen molar-refractivity contribution in [3.8, 4) is 0 Å². The molecule has 96 valence electrons. The molecule has 0 heterocycles. The zero-order valence-corrected chi connectivity index (χ0v) is 11.2. The molecule has 1 rings (SSSR count). The molecular weight excluding hydrogens is 264 g/mol. The average molecular weight is 278 g/mol. The fourth-order valence-corrected chi connectivity index (χ4v) is 2.36. The first-order valence-electron chi connectivity index (χ1n) is 4.76. The van der Waals surface area contributed by atoms with E-state index in [-0.39, 0.29) is 12.4 Å². The van der Waals surface area contributed by atoms with Crippen LogP contribution in [0.1, 0.15) is 11.1 Å². The first-order valence-corrected chi connectivity index (χ1v) is 8.63. The van der Waals surface area contributed by atoms with E-state index in [4.69, 9.17) is 0 Å². The molecule has 1 aromatic carbocycles. The lowest BCUT2D eigenvalue weighted by atomic mass is 10.2. The SMILES string of the molecule is CS(=O)(=O)Cc1ccc(COS(C)(=O)=O)cc1. The van der Waals surface area contributed by atoms with Crippen LogP contribution in [0.4, 0.5) is 0 Å². The van der Waals surface area contributed by atoms with Crippen molar-refractivity contribution in [1.82, 2.24) is 0 Å². The molecule has 5 nitrogen and oxygen atoms in total. The molecule has 0 N–H and O–H groups in total. The Labute approximate surface area is 101 Å². The predicted molar refractivity (Wildman–Crippen MR) is 64.6 cm³/mol. The monoisotopic (exact) mass is 278 g/mol. The third-order valence-electron chi connectivity index (χ3n) is 1.89. The van der Waals surface area contributed by atoms with Crippen LogP contribution in [0.15, 0.2) is 24.3 Å². The van der Waals surface area contributed by atoms with E-state index in [1.54, 1.807) is 24.3 Å². The van der Waals surface area contributed by atoms with Gasteiger partial charge in [-0.2, -0.15) is 8.42 Å². The van der Waals surface area contributed by atoms with Crippen LogP contribution in [0.5, 0.6) is 0 Å². The molecule has 17 heavy (non-hydrogen) atoms. The summed E-state index contributed by atoms with van der Waals surface area (Å²) in [6.07, 6.45) is 2.14. The Hall–Kier alpha value is -0.920. The second-order valence-corrected chi connectivity index (χ2v) is 7.64. The fraction of sp³-hybridized carbons (Fsp3) is 0.400. The average Bonchev–Trinajstić information content (AvgIpc) is 2.13. The van der Waals surface area contributed by atoms with Gasteiger partial charge in [0, 0.05) is 6.26 Å². The molecule has 1 aromatic rings. The van der Waals surface area contributed by atoms with Crippen LogP contribution in [0.25, 0.3) is 0 Å². The Morgan fingerprint density at radius 3 is 1.82 bits per heavy atom. The van der Waals surface area contributed by atoms with E-state index in [2.05, 4.69) is 4.18 Å². The molecule has 0 amide bonds. The van der Waals surface area contributed by atoms with E-state index in [1.807, 2.05) is 0 Å². The largest absolute Gasteiger partial charge is 0.265 e. The van der Waals surface area contributed by atoms with E-state index in [1.165, 1.54) is 0 Å². The van der Waals surface area contributed by atoms with E-state index in [9.17, 15) is 16.8 Å². The standard InChI is InChI=1S/C10H14O5S2/c1-16(11,12)8-10-5-3-9(4-6-10)7-15-17(2,13)14/h3-6H,7-8H2,1-2H3. The molecule has 0 aliphatic heterocycles. The van der Waals surface area contributed by atoms with Gasteiger partial charge in [0.1, 0.15) is 0 Å². The van der Waals surface area contributed by atoms with E-state index in [0.29, 0.717) is 11.1 Å². The molecule has 0 aliphatic rings. The van der Waals surface area contributed by atoms with Gasteiger partial charge >= 0.3 is 0 Å². The summed E-state index contributed by atoms with van der Waals surface area (Å²) in [5, 5.41) is 0. The number of hydrogen-bond donors (Lipinski definition) is 0. The van der Waals surface area contributed by atoms with Gasteiger partial charge in [-0.3, -0.25) is 4.18 Å². The molecule has 0 aliphatic carbocycles. The number of rotatable bonds is 5. The number of hydrogen-bond acceptors (Lipinski definition) is 5. The first-order chi connectivity index (χ1) is 7.66. The third kappa shape index (κ3) is 6.40. The van der Waals surface area contributed by atoms with Gasteiger partial charge in [-0.15, -0.1) is 0 Å². The Morgan fingerprint density at radius 1 is 0.941 bits per heavy atom. The van der Waals surface area contributed by atoms with Gasteiger partial charge in [0.25, 0.3) is 10.1 Å². The topological polar surface area (TPSA) is 77.5 Å². The molecule has 0 aromatic heterocycles. The molecule has 0 atom stereocenters. The van der Waals surface area contributed by atoms with Crippen molar-refractivity contribution in [2.24, 2.45) is 0 Å². The summed E-state index contributed by atoms with van der Waals surface area (Å²) in [6.45, 7) is -0.0437. The molecule has 0 saturated carbocycles. The van der Waals surface area contributed by atoms with Crippen LogP contribution in [0.2, 0.25) is 0 Å². The maximum atomic E-state index is 11.0. The maximum Gasteiger partial charge on any atom is 0.264 e. The van der Waals surface area contributed by atoms with Crippen molar-refractivity contribution < 1.29 is 21.0 Å². The summed E-state index contributed by atoms with van der Waals surface area (Å²) in [5.74, 6) is -0.0276. The highest BCUT2D eigenvalue weighted by Gasteiger charge is 2.05. The van der Waals surface area contributed by atoms with E-state index >= 15 is 0 Å². The lowest BCUT2D eigenvalue weighted by molar-refractivity contribution is 0.311. The summed E-state index contributed by atoms with van der Waals surface area (Å²) >= 11 is 0. The molecule has 0 radical (unpaired) electrons. The zero-order chi connectivity index (χ0) is 13.1. The number of sulfone groups is 1. The Kier molecular flexibility index (Phi) is 4.29. The normalized spacial score (nSPS) is 12.6. The molecular formula is C10H14O5S2. The third-order valence-corrected chi connectivity index (χ3v) is 3.30. The van der Waals surface area contributed by atoms with Crippen molar-refractivity contribution in [1.29, 1.82) is 0 Å². The smallest absolute Gasteiger partial charge is 0.264 e. The van der Waals surface area contributed by atoms with Crippen molar-refractivity contribution >= 4 is 20.0 Å². The second-order valence-electron chi connectivity index (χ2n) is 3.85. The van der Waals surface area contributed by atoms with Gasteiger partial charge in [-0.1, -0.05) is 24.3 Å². The molecule has 0 unspecified atom stereocenters. The quantitative estimate of drug-likeness (QED) is 0.741.